The first-order valence-corrected chi connectivity index (χ1v) is 6.29. The van der Waals surface area contributed by atoms with E-state index in [1.54, 1.807) is 6.20 Å². The summed E-state index contributed by atoms with van der Waals surface area (Å²) in [4.78, 5) is 4.11. The predicted octanol–water partition coefficient (Wildman–Crippen LogP) is 3.18. The number of oxazole rings is 1. The molecule has 0 radical (unpaired) electrons. The number of hydrogen-bond acceptors (Lipinski definition) is 3. The summed E-state index contributed by atoms with van der Waals surface area (Å²) in [5.41, 5.74) is 5.47. The fourth-order valence-electron chi connectivity index (χ4n) is 1.81. The number of nitrogens with two attached hydrogens (primary N) is 1. The standard InChI is InChI=1S/C14H15F3N2O/c15-14(16,17)11-5-3-10(4-6-11)8-13-19-9-12(20-13)2-1-7-18/h3-6,9H,1-2,7-8,18H2. The van der Waals surface area contributed by atoms with Crippen LogP contribution in [0.4, 0.5) is 13.2 Å². The van der Waals surface area contributed by atoms with Crippen molar-refractivity contribution in [2.45, 2.75) is 25.4 Å². The van der Waals surface area contributed by atoms with Gasteiger partial charge in [-0.2, -0.15) is 13.2 Å². The lowest BCUT2D eigenvalue weighted by Gasteiger charge is -2.06. The number of rotatable bonds is 5. The van der Waals surface area contributed by atoms with Crippen LogP contribution in [0, 0.1) is 0 Å². The van der Waals surface area contributed by atoms with E-state index < -0.39 is 11.7 Å². The first-order valence-electron chi connectivity index (χ1n) is 6.29. The summed E-state index contributed by atoms with van der Waals surface area (Å²) in [6.45, 7) is 0.578. The minimum absolute atomic E-state index is 0.376. The van der Waals surface area contributed by atoms with Gasteiger partial charge >= 0.3 is 6.18 Å². The molecule has 0 saturated heterocycles. The van der Waals surface area contributed by atoms with Crippen LogP contribution >= 0.6 is 0 Å². The summed E-state index contributed by atoms with van der Waals surface area (Å²) in [5, 5.41) is 0. The van der Waals surface area contributed by atoms with E-state index in [0.29, 0.717) is 18.9 Å². The second-order valence-corrected chi connectivity index (χ2v) is 4.48. The van der Waals surface area contributed by atoms with Gasteiger partial charge in [-0.15, -0.1) is 0 Å². The van der Waals surface area contributed by atoms with Crippen molar-refractivity contribution in [1.82, 2.24) is 4.98 Å². The van der Waals surface area contributed by atoms with Gasteiger partial charge < -0.3 is 10.2 Å². The van der Waals surface area contributed by atoms with Crippen LogP contribution in [-0.4, -0.2) is 11.5 Å². The van der Waals surface area contributed by atoms with E-state index in [9.17, 15) is 13.2 Å². The van der Waals surface area contributed by atoms with Crippen LogP contribution in [-0.2, 0) is 19.0 Å². The minimum atomic E-state index is -4.31. The van der Waals surface area contributed by atoms with Crippen molar-refractivity contribution in [2.75, 3.05) is 6.54 Å². The molecule has 20 heavy (non-hydrogen) atoms. The summed E-state index contributed by atoms with van der Waals surface area (Å²) >= 11 is 0. The normalized spacial score (nSPS) is 11.8. The van der Waals surface area contributed by atoms with E-state index in [-0.39, 0.29) is 0 Å². The molecule has 0 atom stereocenters. The summed E-state index contributed by atoms with van der Waals surface area (Å²) < 4.78 is 42.8. The molecule has 0 amide bonds. The van der Waals surface area contributed by atoms with Gasteiger partial charge in [-0.3, -0.25) is 0 Å². The van der Waals surface area contributed by atoms with E-state index in [2.05, 4.69) is 4.98 Å². The van der Waals surface area contributed by atoms with Gasteiger partial charge in [0.1, 0.15) is 5.76 Å². The van der Waals surface area contributed by atoms with Crippen molar-refractivity contribution in [3.8, 4) is 0 Å². The fraction of sp³-hybridized carbons (Fsp3) is 0.357. The summed E-state index contributed by atoms with van der Waals surface area (Å²) in [5.74, 6) is 1.24. The van der Waals surface area contributed by atoms with Crippen molar-refractivity contribution in [3.63, 3.8) is 0 Å². The molecule has 0 spiro atoms. The van der Waals surface area contributed by atoms with Crippen LogP contribution in [0.25, 0.3) is 0 Å². The van der Waals surface area contributed by atoms with Crippen LogP contribution in [0.15, 0.2) is 34.9 Å². The maximum atomic E-state index is 12.4. The van der Waals surface area contributed by atoms with Crippen molar-refractivity contribution < 1.29 is 17.6 Å². The Bertz CT molecular complexity index is 546. The molecule has 2 aromatic rings. The molecule has 0 aliphatic heterocycles. The maximum Gasteiger partial charge on any atom is 0.416 e. The number of hydrogen-bond donors (Lipinski definition) is 1. The Morgan fingerprint density at radius 2 is 1.85 bits per heavy atom. The monoisotopic (exact) mass is 284 g/mol. The molecular weight excluding hydrogens is 269 g/mol. The summed E-state index contributed by atoms with van der Waals surface area (Å²) in [6, 6.07) is 5.00. The highest BCUT2D eigenvalue weighted by Crippen LogP contribution is 2.29. The Labute approximate surface area is 114 Å². The first kappa shape index (κ1) is 14.6. The van der Waals surface area contributed by atoms with Gasteiger partial charge in [0.2, 0.25) is 0 Å². The Morgan fingerprint density at radius 3 is 2.45 bits per heavy atom. The van der Waals surface area contributed by atoms with Gasteiger partial charge in [0.25, 0.3) is 0 Å². The Balaban J connectivity index is 2.01. The molecule has 0 aliphatic carbocycles. The molecule has 108 valence electrons. The topological polar surface area (TPSA) is 52.0 Å². The number of aryl methyl sites for hydroxylation is 1. The van der Waals surface area contributed by atoms with Crippen molar-refractivity contribution in [3.05, 3.63) is 53.2 Å². The third-order valence-corrected chi connectivity index (χ3v) is 2.87. The average Bonchev–Trinajstić information content (AvgIpc) is 2.83. The number of nitrogens with zero attached hydrogens (tertiary/aromatic N) is 1. The highest BCUT2D eigenvalue weighted by molar-refractivity contribution is 5.26. The summed E-state index contributed by atoms with van der Waals surface area (Å²) in [6.07, 6.45) is -0.766. The molecule has 1 aromatic heterocycles. The lowest BCUT2D eigenvalue weighted by Crippen LogP contribution is -2.04. The molecule has 3 nitrogen and oxygen atoms in total. The molecule has 0 bridgehead atoms. The Kier molecular flexibility index (Phi) is 4.44. The van der Waals surface area contributed by atoms with Crippen molar-refractivity contribution >= 4 is 0 Å². The van der Waals surface area contributed by atoms with Crippen molar-refractivity contribution in [2.24, 2.45) is 5.73 Å². The van der Waals surface area contributed by atoms with E-state index in [1.165, 1.54) is 12.1 Å². The van der Waals surface area contributed by atoms with E-state index in [0.717, 1.165) is 36.3 Å². The van der Waals surface area contributed by atoms with Crippen LogP contribution in [0.5, 0.6) is 0 Å². The molecule has 1 heterocycles. The molecule has 0 unspecified atom stereocenters. The van der Waals surface area contributed by atoms with Crippen LogP contribution in [0.3, 0.4) is 0 Å². The first-order chi connectivity index (χ1) is 9.49. The summed E-state index contributed by atoms with van der Waals surface area (Å²) in [7, 11) is 0. The van der Waals surface area contributed by atoms with Crippen molar-refractivity contribution in [1.29, 1.82) is 0 Å². The molecular formula is C14H15F3N2O. The van der Waals surface area contributed by atoms with Gasteiger partial charge in [-0.05, 0) is 30.7 Å². The zero-order valence-electron chi connectivity index (χ0n) is 10.8. The molecule has 0 saturated carbocycles. The maximum absolute atomic E-state index is 12.4. The fourth-order valence-corrected chi connectivity index (χ4v) is 1.81. The predicted molar refractivity (Wildman–Crippen MR) is 68.1 cm³/mol. The highest BCUT2D eigenvalue weighted by atomic mass is 19.4. The van der Waals surface area contributed by atoms with E-state index in [4.69, 9.17) is 10.2 Å². The second kappa shape index (κ2) is 6.09. The minimum Gasteiger partial charge on any atom is -0.445 e. The number of halogens is 3. The Hall–Kier alpha value is -1.82. The zero-order chi connectivity index (χ0) is 14.6. The smallest absolute Gasteiger partial charge is 0.416 e. The average molecular weight is 284 g/mol. The lowest BCUT2D eigenvalue weighted by atomic mass is 10.1. The van der Waals surface area contributed by atoms with Gasteiger partial charge in [-0.1, -0.05) is 12.1 Å². The lowest BCUT2D eigenvalue weighted by molar-refractivity contribution is -0.137. The molecule has 0 aliphatic rings. The van der Waals surface area contributed by atoms with Crippen LogP contribution in [0.2, 0.25) is 0 Å². The van der Waals surface area contributed by atoms with Gasteiger partial charge in [0.15, 0.2) is 5.89 Å². The van der Waals surface area contributed by atoms with Crippen LogP contribution < -0.4 is 5.73 Å². The molecule has 6 heteroatoms. The van der Waals surface area contributed by atoms with E-state index >= 15 is 0 Å². The van der Waals surface area contributed by atoms with E-state index in [1.807, 2.05) is 0 Å². The van der Waals surface area contributed by atoms with Gasteiger partial charge in [-0.25, -0.2) is 4.98 Å². The molecule has 2 rings (SSSR count). The molecule has 1 aromatic carbocycles. The zero-order valence-corrected chi connectivity index (χ0v) is 10.8. The quantitative estimate of drug-likeness (QED) is 0.917. The number of benzene rings is 1. The Morgan fingerprint density at radius 1 is 1.15 bits per heavy atom. The van der Waals surface area contributed by atoms with Gasteiger partial charge in [0.05, 0.1) is 11.8 Å². The number of aromatic nitrogens is 1. The van der Waals surface area contributed by atoms with Gasteiger partial charge in [0, 0.05) is 12.8 Å². The largest absolute Gasteiger partial charge is 0.445 e. The third kappa shape index (κ3) is 3.84. The second-order valence-electron chi connectivity index (χ2n) is 4.48. The molecule has 0 fully saturated rings. The SMILES string of the molecule is NCCCc1cnc(Cc2ccc(C(F)(F)F)cc2)o1. The third-order valence-electron chi connectivity index (χ3n) is 2.87. The van der Waals surface area contributed by atoms with Crippen LogP contribution in [0.1, 0.15) is 29.2 Å². The highest BCUT2D eigenvalue weighted by Gasteiger charge is 2.29. The number of alkyl halides is 3. The molecule has 2 N–H and O–H groups in total.